The van der Waals surface area contributed by atoms with Gasteiger partial charge in [0.2, 0.25) is 0 Å². The van der Waals surface area contributed by atoms with Crippen molar-refractivity contribution >= 4 is 16.9 Å². The number of ether oxygens (including phenoxy) is 4. The normalized spacial score (nSPS) is 25.1. The van der Waals surface area contributed by atoms with Gasteiger partial charge in [-0.1, -0.05) is 103 Å². The minimum Gasteiger partial charge on any atom is -0.368 e. The van der Waals surface area contributed by atoms with Crippen molar-refractivity contribution in [1.82, 2.24) is 4.90 Å². The van der Waals surface area contributed by atoms with E-state index in [0.717, 1.165) is 21.9 Å². The molecule has 8 heteroatoms. The molecule has 2 heterocycles. The summed E-state index contributed by atoms with van der Waals surface area (Å²) in [5.74, 6) is 0. The van der Waals surface area contributed by atoms with E-state index >= 15 is 0 Å². The highest BCUT2D eigenvalue weighted by molar-refractivity contribution is 8.14. The summed E-state index contributed by atoms with van der Waals surface area (Å²) in [6.07, 6.45) is -2.58. The molecular weight excluding hydrogens is 515 g/mol. The molecule has 0 saturated carbocycles. The topological polar surface area (TPSA) is 52.5 Å². The van der Waals surface area contributed by atoms with Crippen LogP contribution < -0.4 is 0 Å². The number of amidine groups is 1. The van der Waals surface area contributed by atoms with Gasteiger partial charge in [-0.3, -0.25) is 4.99 Å². The number of hydrogen-bond acceptors (Lipinski definition) is 7. The Morgan fingerprint density at radius 3 is 1.82 bits per heavy atom. The van der Waals surface area contributed by atoms with Crippen LogP contribution in [-0.4, -0.2) is 66.7 Å². The van der Waals surface area contributed by atoms with Gasteiger partial charge in [0.05, 0.1) is 19.8 Å². The lowest BCUT2D eigenvalue weighted by molar-refractivity contribution is -0.230. The molecule has 2 aliphatic rings. The molecule has 6 atom stereocenters. The average Bonchev–Trinajstić information content (AvgIpc) is 3.41. The molecule has 0 spiro atoms. The second-order valence-corrected chi connectivity index (χ2v) is 11.0. The van der Waals surface area contributed by atoms with Crippen molar-refractivity contribution in [3.05, 3.63) is 108 Å². The number of thioether (sulfide) groups is 1. The number of alkyl halides is 1. The monoisotopic (exact) mass is 550 g/mol. The molecule has 0 N–H and O–H groups in total. The first kappa shape index (κ1) is 27.8. The maximum atomic E-state index is 14.7. The Morgan fingerprint density at radius 1 is 0.795 bits per heavy atom. The van der Waals surface area contributed by atoms with E-state index in [1.807, 2.05) is 110 Å². The maximum Gasteiger partial charge on any atom is 0.161 e. The van der Waals surface area contributed by atoms with Gasteiger partial charge in [-0.2, -0.15) is 0 Å². The Balaban J connectivity index is 1.43. The zero-order valence-corrected chi connectivity index (χ0v) is 23.1. The number of benzene rings is 3. The molecule has 1 saturated heterocycles. The molecule has 3 aromatic carbocycles. The number of rotatable bonds is 11. The fourth-order valence-electron chi connectivity index (χ4n) is 4.78. The van der Waals surface area contributed by atoms with E-state index in [2.05, 4.69) is 0 Å². The van der Waals surface area contributed by atoms with E-state index in [-0.39, 0.29) is 18.1 Å². The van der Waals surface area contributed by atoms with Crippen molar-refractivity contribution in [2.45, 2.75) is 55.7 Å². The van der Waals surface area contributed by atoms with Gasteiger partial charge in [0.1, 0.15) is 42.6 Å². The van der Waals surface area contributed by atoms with Gasteiger partial charge < -0.3 is 23.8 Å². The van der Waals surface area contributed by atoms with Crippen LogP contribution in [0.5, 0.6) is 0 Å². The third-order valence-electron chi connectivity index (χ3n) is 6.81. The fraction of sp³-hybridized carbons (Fsp3) is 0.387. The zero-order chi connectivity index (χ0) is 27.0. The number of fused-ring (bicyclic) bond motifs is 1. The third-order valence-corrected chi connectivity index (χ3v) is 8.12. The summed E-state index contributed by atoms with van der Waals surface area (Å²) in [6.45, 7) is 0.285. The van der Waals surface area contributed by atoms with Crippen molar-refractivity contribution in [2.75, 3.05) is 20.8 Å². The van der Waals surface area contributed by atoms with E-state index in [9.17, 15) is 4.39 Å². The Hall–Kier alpha value is -2.75. The van der Waals surface area contributed by atoms with Gasteiger partial charge in [0, 0.05) is 14.1 Å². The summed E-state index contributed by atoms with van der Waals surface area (Å²) in [7, 11) is 3.91. The zero-order valence-electron chi connectivity index (χ0n) is 22.3. The van der Waals surface area contributed by atoms with E-state index in [1.54, 1.807) is 0 Å². The summed E-state index contributed by atoms with van der Waals surface area (Å²) in [4.78, 5) is 6.93. The summed E-state index contributed by atoms with van der Waals surface area (Å²) in [5.41, 5.74) is 2.69. The molecule has 206 valence electrons. The van der Waals surface area contributed by atoms with Gasteiger partial charge in [-0.25, -0.2) is 4.39 Å². The Morgan fingerprint density at radius 2 is 1.31 bits per heavy atom. The largest absolute Gasteiger partial charge is 0.368 e. The van der Waals surface area contributed by atoms with Crippen molar-refractivity contribution in [3.63, 3.8) is 0 Å². The van der Waals surface area contributed by atoms with Crippen molar-refractivity contribution in [3.8, 4) is 0 Å². The highest BCUT2D eigenvalue weighted by Crippen LogP contribution is 2.41. The highest BCUT2D eigenvalue weighted by Gasteiger charge is 2.53. The van der Waals surface area contributed by atoms with Crippen molar-refractivity contribution < 1.29 is 23.3 Å². The van der Waals surface area contributed by atoms with Gasteiger partial charge in [0.15, 0.2) is 5.17 Å². The van der Waals surface area contributed by atoms with Crippen LogP contribution in [0.2, 0.25) is 0 Å². The van der Waals surface area contributed by atoms with Crippen LogP contribution in [-0.2, 0) is 38.8 Å². The van der Waals surface area contributed by atoms with Gasteiger partial charge in [-0.05, 0) is 16.7 Å². The Labute approximate surface area is 234 Å². The van der Waals surface area contributed by atoms with Gasteiger partial charge >= 0.3 is 0 Å². The van der Waals surface area contributed by atoms with Crippen LogP contribution in [0.15, 0.2) is 96.0 Å². The summed E-state index contributed by atoms with van der Waals surface area (Å²) in [6, 6.07) is 29.4. The van der Waals surface area contributed by atoms with Crippen LogP contribution in [0.3, 0.4) is 0 Å². The van der Waals surface area contributed by atoms with Gasteiger partial charge in [-0.15, -0.1) is 0 Å². The fourth-order valence-corrected chi connectivity index (χ4v) is 5.92. The molecule has 0 aromatic heterocycles. The van der Waals surface area contributed by atoms with E-state index in [1.165, 1.54) is 11.8 Å². The molecule has 0 aliphatic carbocycles. The SMILES string of the molecule is CN(C)C1=NC2C(OC(C(CF)OCc3ccccc3)C(OCc3ccccc3)C2OCc2ccccc2)S1. The van der Waals surface area contributed by atoms with Crippen LogP contribution in [0, 0.1) is 0 Å². The molecule has 6 unspecified atom stereocenters. The Kier molecular flexibility index (Phi) is 9.66. The number of aliphatic imine (C=N–C) groups is 1. The van der Waals surface area contributed by atoms with Crippen molar-refractivity contribution in [1.29, 1.82) is 0 Å². The molecular formula is C31H35FN2O4S. The molecule has 6 nitrogen and oxygen atoms in total. The summed E-state index contributed by atoms with van der Waals surface area (Å²) in [5, 5.41) is 0.850. The molecule has 5 rings (SSSR count). The lowest BCUT2D eigenvalue weighted by Gasteiger charge is -2.44. The minimum atomic E-state index is -0.834. The number of nitrogens with zero attached hydrogens (tertiary/aromatic N) is 2. The van der Waals surface area contributed by atoms with Gasteiger partial charge in [0.25, 0.3) is 0 Å². The molecule has 0 bridgehead atoms. The lowest BCUT2D eigenvalue weighted by Crippen LogP contribution is -2.60. The van der Waals surface area contributed by atoms with E-state index in [0.29, 0.717) is 13.2 Å². The molecule has 0 radical (unpaired) electrons. The number of hydrogen-bond donors (Lipinski definition) is 0. The molecule has 1 fully saturated rings. The van der Waals surface area contributed by atoms with E-state index < -0.39 is 31.1 Å². The first-order chi connectivity index (χ1) is 19.1. The maximum absolute atomic E-state index is 14.7. The Bertz CT molecular complexity index is 1180. The van der Waals surface area contributed by atoms with Crippen LogP contribution in [0.4, 0.5) is 4.39 Å². The molecule has 0 amide bonds. The summed E-state index contributed by atoms with van der Waals surface area (Å²) < 4.78 is 40.5. The highest BCUT2D eigenvalue weighted by atomic mass is 32.2. The van der Waals surface area contributed by atoms with Crippen LogP contribution >= 0.6 is 11.8 Å². The smallest absolute Gasteiger partial charge is 0.161 e. The predicted molar refractivity (Wildman–Crippen MR) is 152 cm³/mol. The van der Waals surface area contributed by atoms with Crippen LogP contribution in [0.25, 0.3) is 0 Å². The molecule has 3 aromatic rings. The summed E-state index contributed by atoms with van der Waals surface area (Å²) >= 11 is 1.53. The van der Waals surface area contributed by atoms with E-state index in [4.69, 9.17) is 23.9 Å². The first-order valence-corrected chi connectivity index (χ1v) is 14.1. The minimum absolute atomic E-state index is 0.275. The second-order valence-electron chi connectivity index (χ2n) is 9.90. The lowest BCUT2D eigenvalue weighted by atomic mass is 9.94. The molecule has 2 aliphatic heterocycles. The van der Waals surface area contributed by atoms with Crippen LogP contribution in [0.1, 0.15) is 16.7 Å². The number of halogens is 1. The second kappa shape index (κ2) is 13.5. The quantitative estimate of drug-likeness (QED) is 0.316. The molecule has 39 heavy (non-hydrogen) atoms. The predicted octanol–water partition coefficient (Wildman–Crippen LogP) is 5.47. The average molecular weight is 551 g/mol. The standard InChI is InChI=1S/C31H35FN2O4S/c1-34(2)31-33-26-28(36-20-23-14-8-4-9-15-23)29(37-21-24-16-10-5-11-17-24)27(38-30(26)39-31)25(18-32)35-19-22-12-6-3-7-13-22/h3-17,25-30H,18-21H2,1-2H3. The van der Waals surface area contributed by atoms with Crippen molar-refractivity contribution in [2.24, 2.45) is 4.99 Å². The third kappa shape index (κ3) is 7.07. The first-order valence-electron chi connectivity index (χ1n) is 13.2.